The standard InChI is InChI=1S/C35H41Cl2N7O3/c1-40-13-15-43(16-14-40)32(45)23-25-21-30(36)33(31(37)22-25)39-35(47)44-19-17-42(18-20-44)28-9-7-27(8-10-28)38-34(46)26-5-4-6-29(24-26)41-11-2-3-12-41/h4-10,21-22,24H,2-3,11-20,23H2,1H3,(H,38,46)(H,39,47). The number of carbonyl (C=O) groups is 3. The van der Waals surface area contributed by atoms with E-state index >= 15 is 0 Å². The van der Waals surface area contributed by atoms with E-state index in [0.29, 0.717) is 66.1 Å². The summed E-state index contributed by atoms with van der Waals surface area (Å²) in [6.45, 7) is 7.52. The van der Waals surface area contributed by atoms with Gasteiger partial charge >= 0.3 is 6.03 Å². The first kappa shape index (κ1) is 32.9. The Balaban J connectivity index is 0.984. The van der Waals surface area contributed by atoms with Crippen LogP contribution in [0.25, 0.3) is 0 Å². The van der Waals surface area contributed by atoms with E-state index in [1.807, 2.05) is 54.4 Å². The summed E-state index contributed by atoms with van der Waals surface area (Å²) in [7, 11) is 2.05. The van der Waals surface area contributed by atoms with Crippen LogP contribution in [-0.4, -0.2) is 105 Å². The largest absolute Gasteiger partial charge is 0.372 e. The summed E-state index contributed by atoms with van der Waals surface area (Å²) < 4.78 is 0. The molecule has 4 amide bonds. The molecule has 3 aliphatic rings. The maximum Gasteiger partial charge on any atom is 0.322 e. The number of amides is 4. The molecule has 2 N–H and O–H groups in total. The smallest absolute Gasteiger partial charge is 0.322 e. The van der Waals surface area contributed by atoms with Crippen molar-refractivity contribution in [1.29, 1.82) is 0 Å². The number of hydrogen-bond acceptors (Lipinski definition) is 6. The highest BCUT2D eigenvalue weighted by Crippen LogP contribution is 2.33. The molecule has 3 aliphatic heterocycles. The summed E-state index contributed by atoms with van der Waals surface area (Å²) in [5, 5.41) is 6.49. The summed E-state index contributed by atoms with van der Waals surface area (Å²) in [6.07, 6.45) is 2.58. The first-order valence-electron chi connectivity index (χ1n) is 16.2. The molecule has 0 spiro atoms. The molecule has 3 saturated heterocycles. The van der Waals surface area contributed by atoms with Crippen LogP contribution in [0.5, 0.6) is 0 Å². The van der Waals surface area contributed by atoms with Crippen LogP contribution in [0, 0.1) is 0 Å². The lowest BCUT2D eigenvalue weighted by Gasteiger charge is -2.36. The maximum atomic E-state index is 13.1. The van der Waals surface area contributed by atoms with Crippen molar-refractivity contribution >= 4 is 63.8 Å². The summed E-state index contributed by atoms with van der Waals surface area (Å²) in [5.41, 5.74) is 4.54. The molecule has 12 heteroatoms. The van der Waals surface area contributed by atoms with Crippen molar-refractivity contribution < 1.29 is 14.4 Å². The third-order valence-corrected chi connectivity index (χ3v) is 9.78. The third kappa shape index (κ3) is 8.12. The molecule has 3 aromatic rings. The zero-order valence-corrected chi connectivity index (χ0v) is 28.2. The van der Waals surface area contributed by atoms with Crippen LogP contribution in [-0.2, 0) is 11.2 Å². The number of piperazine rings is 2. The number of hydrogen-bond donors (Lipinski definition) is 2. The van der Waals surface area contributed by atoms with Gasteiger partial charge in [0.1, 0.15) is 0 Å². The molecule has 248 valence electrons. The van der Waals surface area contributed by atoms with Crippen LogP contribution >= 0.6 is 23.2 Å². The van der Waals surface area contributed by atoms with E-state index in [0.717, 1.165) is 43.2 Å². The number of halogens is 2. The maximum absolute atomic E-state index is 13.1. The van der Waals surface area contributed by atoms with Crippen LogP contribution in [0.3, 0.4) is 0 Å². The lowest BCUT2D eigenvalue weighted by molar-refractivity contribution is -0.132. The molecule has 47 heavy (non-hydrogen) atoms. The Morgan fingerprint density at radius 2 is 1.30 bits per heavy atom. The first-order valence-corrected chi connectivity index (χ1v) is 17.0. The second-order valence-corrected chi connectivity index (χ2v) is 13.3. The van der Waals surface area contributed by atoms with E-state index in [1.54, 1.807) is 17.0 Å². The van der Waals surface area contributed by atoms with E-state index in [2.05, 4.69) is 31.4 Å². The highest BCUT2D eigenvalue weighted by atomic mass is 35.5. The zero-order chi connectivity index (χ0) is 32.9. The van der Waals surface area contributed by atoms with Gasteiger partial charge in [-0.05, 0) is 80.1 Å². The number of anilines is 4. The molecule has 0 unspecified atom stereocenters. The van der Waals surface area contributed by atoms with Gasteiger partial charge in [0.05, 0.1) is 22.2 Å². The summed E-state index contributed by atoms with van der Waals surface area (Å²) in [5.74, 6) is -0.0924. The number of nitrogens with zero attached hydrogens (tertiary/aromatic N) is 5. The Morgan fingerprint density at radius 1 is 0.681 bits per heavy atom. The second kappa shape index (κ2) is 14.8. The fourth-order valence-electron chi connectivity index (χ4n) is 6.32. The van der Waals surface area contributed by atoms with Gasteiger partial charge in [-0.15, -0.1) is 0 Å². The number of likely N-dealkylation sites (N-methyl/N-ethyl adjacent to an activating group) is 1. The second-order valence-electron chi connectivity index (χ2n) is 12.4. The van der Waals surface area contributed by atoms with Crippen molar-refractivity contribution in [2.75, 3.05) is 92.9 Å². The number of rotatable bonds is 7. The Kier molecular flexibility index (Phi) is 10.4. The molecule has 3 aromatic carbocycles. The van der Waals surface area contributed by atoms with Gasteiger partial charge in [0.2, 0.25) is 5.91 Å². The Hall–Kier alpha value is -3.99. The van der Waals surface area contributed by atoms with Crippen LogP contribution in [0.4, 0.5) is 27.5 Å². The average molecular weight is 679 g/mol. The monoisotopic (exact) mass is 677 g/mol. The molecule has 10 nitrogen and oxygen atoms in total. The molecule has 3 heterocycles. The fourth-order valence-corrected chi connectivity index (χ4v) is 6.95. The normalized spacial score (nSPS) is 17.2. The van der Waals surface area contributed by atoms with Crippen LogP contribution < -0.4 is 20.4 Å². The van der Waals surface area contributed by atoms with Gasteiger partial charge in [0.15, 0.2) is 0 Å². The van der Waals surface area contributed by atoms with Crippen molar-refractivity contribution in [3.05, 3.63) is 81.8 Å². The van der Waals surface area contributed by atoms with Crippen molar-refractivity contribution in [2.24, 2.45) is 0 Å². The summed E-state index contributed by atoms with van der Waals surface area (Å²) in [4.78, 5) is 49.2. The minimum Gasteiger partial charge on any atom is -0.372 e. The Bertz CT molecular complexity index is 1570. The molecule has 0 bridgehead atoms. The van der Waals surface area contributed by atoms with E-state index in [-0.39, 0.29) is 24.3 Å². The minimum atomic E-state index is -0.276. The van der Waals surface area contributed by atoms with E-state index in [9.17, 15) is 14.4 Å². The Labute approximate surface area is 286 Å². The van der Waals surface area contributed by atoms with E-state index < -0.39 is 0 Å². The predicted octanol–water partition coefficient (Wildman–Crippen LogP) is 5.52. The van der Waals surface area contributed by atoms with Crippen LogP contribution in [0.15, 0.2) is 60.7 Å². The highest BCUT2D eigenvalue weighted by molar-refractivity contribution is 6.39. The van der Waals surface area contributed by atoms with Crippen molar-refractivity contribution in [3.63, 3.8) is 0 Å². The SMILES string of the molecule is CN1CCN(C(=O)Cc2cc(Cl)c(NC(=O)N3CCN(c4ccc(NC(=O)c5cccc(N6CCCC6)c5)cc4)CC3)c(Cl)c2)CC1. The van der Waals surface area contributed by atoms with Crippen LogP contribution in [0.1, 0.15) is 28.8 Å². The molecule has 0 saturated carbocycles. The van der Waals surface area contributed by atoms with Crippen molar-refractivity contribution in [2.45, 2.75) is 19.3 Å². The van der Waals surface area contributed by atoms with Gasteiger partial charge in [0.25, 0.3) is 5.91 Å². The number of nitrogens with one attached hydrogen (secondary N) is 2. The van der Waals surface area contributed by atoms with Gasteiger partial charge in [-0.1, -0.05) is 29.3 Å². The van der Waals surface area contributed by atoms with Gasteiger partial charge < -0.3 is 35.1 Å². The molecular formula is C35H41Cl2N7O3. The molecule has 0 aliphatic carbocycles. The first-order chi connectivity index (χ1) is 22.7. The minimum absolute atomic E-state index is 0.0397. The van der Waals surface area contributed by atoms with Gasteiger partial charge in [-0.2, -0.15) is 0 Å². The molecule has 3 fully saturated rings. The van der Waals surface area contributed by atoms with E-state index in [4.69, 9.17) is 23.2 Å². The van der Waals surface area contributed by atoms with Gasteiger partial charge in [-0.25, -0.2) is 4.79 Å². The third-order valence-electron chi connectivity index (χ3n) is 9.18. The molecule has 0 atom stereocenters. The van der Waals surface area contributed by atoms with Gasteiger partial charge in [-0.3, -0.25) is 9.59 Å². The lowest BCUT2D eigenvalue weighted by atomic mass is 10.1. The molecule has 0 radical (unpaired) electrons. The topological polar surface area (TPSA) is 91.5 Å². The lowest BCUT2D eigenvalue weighted by Crippen LogP contribution is -2.50. The highest BCUT2D eigenvalue weighted by Gasteiger charge is 2.24. The number of urea groups is 1. The van der Waals surface area contributed by atoms with Crippen LogP contribution in [0.2, 0.25) is 10.0 Å². The quantitative estimate of drug-likeness (QED) is 0.343. The predicted molar refractivity (Wildman–Crippen MR) is 189 cm³/mol. The zero-order valence-electron chi connectivity index (χ0n) is 26.7. The summed E-state index contributed by atoms with van der Waals surface area (Å²) in [6, 6.07) is 18.7. The van der Waals surface area contributed by atoms with E-state index in [1.165, 1.54) is 12.8 Å². The summed E-state index contributed by atoms with van der Waals surface area (Å²) >= 11 is 13.1. The van der Waals surface area contributed by atoms with Gasteiger partial charge in [0, 0.05) is 88.1 Å². The molecule has 0 aromatic heterocycles. The average Bonchev–Trinajstić information content (AvgIpc) is 3.63. The fraction of sp³-hybridized carbons (Fsp3) is 0.400. The van der Waals surface area contributed by atoms with Crippen molar-refractivity contribution in [1.82, 2.24) is 14.7 Å². The Morgan fingerprint density at radius 3 is 1.96 bits per heavy atom. The van der Waals surface area contributed by atoms with Crippen molar-refractivity contribution in [3.8, 4) is 0 Å². The number of carbonyl (C=O) groups excluding carboxylic acids is 3. The molecular weight excluding hydrogens is 637 g/mol. The number of benzene rings is 3. The molecule has 6 rings (SSSR count).